The van der Waals surface area contributed by atoms with E-state index >= 15 is 0 Å². The summed E-state index contributed by atoms with van der Waals surface area (Å²) in [6, 6.07) is 8.41. The van der Waals surface area contributed by atoms with Gasteiger partial charge in [-0.25, -0.2) is 9.59 Å². The molecule has 6 N–H and O–H groups in total. The SMILES string of the molecule is NCc1ccc(NC(=O)C[C@H]2CCc3cc(Cl)cc4[nH]c(C(=O)O)c2c34)c(OCC(=O)O)c1. The highest BCUT2D eigenvalue weighted by molar-refractivity contribution is 6.31. The first-order valence-electron chi connectivity index (χ1n) is 10.3. The molecule has 33 heavy (non-hydrogen) atoms. The van der Waals surface area contributed by atoms with Crippen molar-refractivity contribution < 1.29 is 29.3 Å². The molecule has 1 amide bonds. The van der Waals surface area contributed by atoms with Crippen molar-refractivity contribution in [2.45, 2.75) is 31.7 Å². The molecule has 0 saturated heterocycles. The molecule has 3 aromatic rings. The van der Waals surface area contributed by atoms with E-state index in [1.54, 1.807) is 24.3 Å². The van der Waals surface area contributed by atoms with E-state index in [0.29, 0.717) is 34.6 Å². The minimum absolute atomic E-state index is 0.0479. The van der Waals surface area contributed by atoms with Gasteiger partial charge in [-0.05, 0) is 59.7 Å². The number of anilines is 1. The Balaban J connectivity index is 1.60. The van der Waals surface area contributed by atoms with Crippen LogP contribution < -0.4 is 15.8 Å². The van der Waals surface area contributed by atoms with E-state index in [1.807, 2.05) is 6.07 Å². The smallest absolute Gasteiger partial charge is 0.352 e. The molecule has 0 radical (unpaired) electrons. The van der Waals surface area contributed by atoms with Crippen LogP contribution in [0, 0.1) is 0 Å². The highest BCUT2D eigenvalue weighted by Crippen LogP contribution is 2.42. The molecule has 1 atom stereocenters. The predicted octanol–water partition coefficient (Wildman–Crippen LogP) is 3.50. The lowest BCUT2D eigenvalue weighted by atomic mass is 9.81. The van der Waals surface area contributed by atoms with Crippen LogP contribution in [0.15, 0.2) is 30.3 Å². The number of amides is 1. The summed E-state index contributed by atoms with van der Waals surface area (Å²) < 4.78 is 5.31. The van der Waals surface area contributed by atoms with Gasteiger partial charge in [-0.3, -0.25) is 4.79 Å². The Bertz CT molecular complexity index is 1270. The van der Waals surface area contributed by atoms with Gasteiger partial charge in [0, 0.05) is 28.9 Å². The molecule has 9 nitrogen and oxygen atoms in total. The van der Waals surface area contributed by atoms with Gasteiger partial charge in [-0.2, -0.15) is 0 Å². The van der Waals surface area contributed by atoms with E-state index in [1.165, 1.54) is 0 Å². The van der Waals surface area contributed by atoms with Crippen molar-refractivity contribution in [3.05, 3.63) is 57.7 Å². The molecular weight excluding hydrogens is 450 g/mol. The molecule has 2 aromatic carbocycles. The molecule has 10 heteroatoms. The molecule has 0 aliphatic heterocycles. The summed E-state index contributed by atoms with van der Waals surface area (Å²) in [6.45, 7) is -0.340. The summed E-state index contributed by atoms with van der Waals surface area (Å²) in [5.41, 5.74) is 8.93. The number of aromatic amines is 1. The average Bonchev–Trinajstić information content (AvgIpc) is 3.15. The lowest BCUT2D eigenvalue weighted by molar-refractivity contribution is -0.139. The van der Waals surface area contributed by atoms with Gasteiger partial charge in [0.05, 0.1) is 5.69 Å². The second-order valence-corrected chi connectivity index (χ2v) is 8.35. The highest BCUT2D eigenvalue weighted by atomic mass is 35.5. The molecule has 0 fully saturated rings. The van der Waals surface area contributed by atoms with Crippen molar-refractivity contribution in [2.24, 2.45) is 5.73 Å². The zero-order valence-electron chi connectivity index (χ0n) is 17.5. The van der Waals surface area contributed by atoms with E-state index < -0.39 is 18.5 Å². The van der Waals surface area contributed by atoms with Crippen LogP contribution in [0.25, 0.3) is 10.9 Å². The number of benzene rings is 2. The molecule has 1 aliphatic carbocycles. The van der Waals surface area contributed by atoms with Gasteiger partial charge in [0.2, 0.25) is 5.91 Å². The first-order chi connectivity index (χ1) is 15.8. The van der Waals surface area contributed by atoms with E-state index in [4.69, 9.17) is 27.2 Å². The van der Waals surface area contributed by atoms with Crippen LogP contribution in [0.4, 0.5) is 5.69 Å². The number of nitrogens with two attached hydrogens (primary N) is 1. The zero-order chi connectivity index (χ0) is 23.7. The van der Waals surface area contributed by atoms with Gasteiger partial charge in [-0.15, -0.1) is 0 Å². The van der Waals surface area contributed by atoms with Gasteiger partial charge >= 0.3 is 11.9 Å². The Hall–Kier alpha value is -3.56. The number of carboxylic acids is 2. The maximum atomic E-state index is 12.9. The molecule has 1 aliphatic rings. The topological polar surface area (TPSA) is 155 Å². The number of aromatic nitrogens is 1. The summed E-state index contributed by atoms with van der Waals surface area (Å²) >= 11 is 6.17. The fraction of sp³-hybridized carbons (Fsp3) is 0.261. The number of hydrogen-bond acceptors (Lipinski definition) is 5. The van der Waals surface area contributed by atoms with E-state index in [2.05, 4.69) is 10.3 Å². The number of aromatic carboxylic acids is 1. The van der Waals surface area contributed by atoms with Crippen molar-refractivity contribution >= 4 is 46.0 Å². The van der Waals surface area contributed by atoms with Crippen molar-refractivity contribution in [3.63, 3.8) is 0 Å². The predicted molar refractivity (Wildman–Crippen MR) is 122 cm³/mol. The molecular formula is C23H22ClN3O6. The molecule has 172 valence electrons. The van der Waals surface area contributed by atoms with Crippen LogP contribution >= 0.6 is 11.6 Å². The zero-order valence-corrected chi connectivity index (χ0v) is 18.2. The van der Waals surface area contributed by atoms with Gasteiger partial charge < -0.3 is 31.0 Å². The van der Waals surface area contributed by atoms with E-state index in [9.17, 15) is 19.5 Å². The minimum Gasteiger partial charge on any atom is -0.480 e. The van der Waals surface area contributed by atoms with Crippen molar-refractivity contribution in [2.75, 3.05) is 11.9 Å². The van der Waals surface area contributed by atoms with Gasteiger partial charge in [0.1, 0.15) is 11.4 Å². The minimum atomic E-state index is -1.15. The number of aryl methyl sites for hydroxylation is 1. The monoisotopic (exact) mass is 471 g/mol. The van der Waals surface area contributed by atoms with Crippen LogP contribution in [0.5, 0.6) is 5.75 Å². The lowest BCUT2D eigenvalue weighted by Gasteiger charge is -2.23. The lowest BCUT2D eigenvalue weighted by Crippen LogP contribution is -2.20. The second kappa shape index (κ2) is 9.13. The number of aliphatic carboxylic acids is 1. The van der Waals surface area contributed by atoms with Crippen LogP contribution in [0.1, 0.15) is 45.9 Å². The fourth-order valence-electron chi connectivity index (χ4n) is 4.34. The Morgan fingerprint density at radius 2 is 2.00 bits per heavy atom. The number of carboxylic acid groups (broad SMARTS) is 2. The second-order valence-electron chi connectivity index (χ2n) is 7.91. The molecule has 0 saturated carbocycles. The number of H-pyrrole nitrogens is 1. The third-order valence-electron chi connectivity index (χ3n) is 5.71. The van der Waals surface area contributed by atoms with Crippen LogP contribution in [-0.4, -0.2) is 39.6 Å². The van der Waals surface area contributed by atoms with Gasteiger partial charge in [-0.1, -0.05) is 17.7 Å². The maximum Gasteiger partial charge on any atom is 0.352 e. The average molecular weight is 472 g/mol. The molecule has 0 spiro atoms. The Morgan fingerprint density at radius 1 is 1.21 bits per heavy atom. The summed E-state index contributed by atoms with van der Waals surface area (Å²) in [5.74, 6) is -2.71. The van der Waals surface area contributed by atoms with Crippen LogP contribution in [0.3, 0.4) is 0 Å². The summed E-state index contributed by atoms with van der Waals surface area (Å²) in [4.78, 5) is 38.6. The summed E-state index contributed by atoms with van der Waals surface area (Å²) in [6.07, 6.45) is 1.30. The number of carbonyl (C=O) groups excluding carboxylic acids is 1. The molecule has 4 rings (SSSR count). The number of hydrogen-bond donors (Lipinski definition) is 5. The Morgan fingerprint density at radius 3 is 2.70 bits per heavy atom. The largest absolute Gasteiger partial charge is 0.480 e. The number of carbonyl (C=O) groups is 3. The summed E-state index contributed by atoms with van der Waals surface area (Å²) in [5, 5.41) is 22.7. The third-order valence-corrected chi connectivity index (χ3v) is 5.92. The van der Waals surface area contributed by atoms with E-state index in [-0.39, 0.29) is 36.2 Å². The highest BCUT2D eigenvalue weighted by Gasteiger charge is 2.31. The Labute approximate surface area is 193 Å². The molecule has 1 aromatic heterocycles. The number of rotatable bonds is 8. The van der Waals surface area contributed by atoms with Crippen molar-refractivity contribution in [3.8, 4) is 5.75 Å². The van der Waals surface area contributed by atoms with Crippen molar-refractivity contribution in [1.29, 1.82) is 0 Å². The Kier molecular flexibility index (Phi) is 6.26. The van der Waals surface area contributed by atoms with E-state index in [0.717, 1.165) is 16.5 Å². The maximum absolute atomic E-state index is 12.9. The van der Waals surface area contributed by atoms with Crippen LogP contribution in [0.2, 0.25) is 5.02 Å². The standard InChI is InChI=1S/C23H22ClN3O6/c24-14-6-12-2-3-13(21-20(12)16(8-14)27-22(21)23(31)32)7-18(28)26-15-4-1-11(9-25)5-17(15)33-10-19(29)30/h1,4-6,8,13,27H,2-3,7,9-10,25H2,(H,26,28)(H,29,30)(H,31,32)/t13-/m1/s1. The normalized spacial score (nSPS) is 14.8. The quantitative estimate of drug-likeness (QED) is 0.336. The fourth-order valence-corrected chi connectivity index (χ4v) is 4.58. The van der Waals surface area contributed by atoms with Crippen LogP contribution in [-0.2, 0) is 22.6 Å². The van der Waals surface area contributed by atoms with Gasteiger partial charge in [0.15, 0.2) is 6.61 Å². The number of ether oxygens (including phenoxy) is 1. The number of halogens is 1. The summed E-state index contributed by atoms with van der Waals surface area (Å²) in [7, 11) is 0. The van der Waals surface area contributed by atoms with Crippen molar-refractivity contribution in [1.82, 2.24) is 4.98 Å². The molecule has 0 bridgehead atoms. The third kappa shape index (κ3) is 4.64. The van der Waals surface area contributed by atoms with Gasteiger partial charge in [0.25, 0.3) is 0 Å². The first kappa shape index (κ1) is 22.6. The first-order valence-corrected chi connectivity index (χ1v) is 10.7. The number of nitrogens with one attached hydrogen (secondary N) is 2. The molecule has 0 unspecified atom stereocenters. The molecule has 1 heterocycles.